The van der Waals surface area contributed by atoms with Gasteiger partial charge in [-0.2, -0.15) is 0 Å². The van der Waals surface area contributed by atoms with Crippen molar-refractivity contribution >= 4 is 11.7 Å². The molecule has 0 aromatic heterocycles. The van der Waals surface area contributed by atoms with Gasteiger partial charge in [0.1, 0.15) is 6.04 Å². The average Bonchev–Trinajstić information content (AvgIpc) is 2.28. The summed E-state index contributed by atoms with van der Waals surface area (Å²) < 4.78 is 5.16. The van der Waals surface area contributed by atoms with Gasteiger partial charge in [-0.3, -0.25) is 15.0 Å². The normalized spacial score (nSPS) is 21.7. The summed E-state index contributed by atoms with van der Waals surface area (Å²) in [5.41, 5.74) is 2.56. The van der Waals surface area contributed by atoms with Gasteiger partial charge >= 0.3 is 0 Å². The van der Waals surface area contributed by atoms with Gasteiger partial charge in [0.05, 0.1) is 13.2 Å². The van der Waals surface area contributed by atoms with E-state index in [0.717, 1.165) is 6.08 Å². The zero-order valence-corrected chi connectivity index (χ0v) is 8.44. The molecular formula is C10H14N2O3. The zero-order chi connectivity index (χ0) is 11.3. The van der Waals surface area contributed by atoms with Crippen molar-refractivity contribution in [2.24, 2.45) is 0 Å². The minimum Gasteiger partial charge on any atom is -0.378 e. The molecule has 0 aromatic rings. The lowest BCUT2D eigenvalue weighted by atomic mass is 10.1. The van der Waals surface area contributed by atoms with E-state index in [-0.39, 0.29) is 18.3 Å². The Hall–Kier alpha value is -1.46. The predicted octanol–water partition coefficient (Wildman–Crippen LogP) is -0.341. The van der Waals surface area contributed by atoms with Crippen LogP contribution in [0.5, 0.6) is 0 Å². The molecule has 1 aliphatic rings. The van der Waals surface area contributed by atoms with Crippen molar-refractivity contribution in [1.82, 2.24) is 10.4 Å². The molecule has 0 spiro atoms. The Morgan fingerprint density at radius 2 is 2.13 bits per heavy atom. The van der Waals surface area contributed by atoms with E-state index in [1.807, 2.05) is 0 Å². The molecule has 0 saturated carbocycles. The maximum Gasteiger partial charge on any atom is 0.257 e. The summed E-state index contributed by atoms with van der Waals surface area (Å²) in [6.07, 6.45) is 2.39. The van der Waals surface area contributed by atoms with Crippen molar-refractivity contribution in [3.8, 4) is 0 Å². The largest absolute Gasteiger partial charge is 0.378 e. The smallest absolute Gasteiger partial charge is 0.257 e. The van der Waals surface area contributed by atoms with Crippen molar-refractivity contribution in [3.05, 3.63) is 25.3 Å². The maximum atomic E-state index is 11.4. The van der Waals surface area contributed by atoms with Crippen LogP contribution < -0.4 is 5.43 Å². The van der Waals surface area contributed by atoms with Crippen LogP contribution in [0, 0.1) is 0 Å². The van der Waals surface area contributed by atoms with Crippen LogP contribution in [0.3, 0.4) is 0 Å². The molecule has 15 heavy (non-hydrogen) atoms. The second-order valence-corrected chi connectivity index (χ2v) is 3.07. The third-order valence-electron chi connectivity index (χ3n) is 2.10. The van der Waals surface area contributed by atoms with Gasteiger partial charge in [0.2, 0.25) is 0 Å². The van der Waals surface area contributed by atoms with E-state index in [1.54, 1.807) is 5.01 Å². The van der Waals surface area contributed by atoms with Gasteiger partial charge in [-0.15, -0.1) is 0 Å². The Bertz CT molecular complexity index is 288. The number of ether oxygens (including phenoxy) is 1. The first-order valence-corrected chi connectivity index (χ1v) is 4.62. The number of carbonyl (C=O) groups is 2. The van der Waals surface area contributed by atoms with E-state index in [2.05, 4.69) is 18.6 Å². The second-order valence-electron chi connectivity index (χ2n) is 3.07. The molecule has 82 valence electrons. The number of nitrogens with one attached hydrogen (secondary N) is 1. The highest BCUT2D eigenvalue weighted by molar-refractivity contribution is 5.94. The molecule has 0 aliphatic carbocycles. The summed E-state index contributed by atoms with van der Waals surface area (Å²) in [5, 5.41) is 1.55. The standard InChI is InChI=1S/C10H14N2O3/c1-3-9(13)8-7-15-6-5-12(8)11-10(14)4-2/h3-4,8H,1-2,5-7H2,(H,11,14). The van der Waals surface area contributed by atoms with Crippen LogP contribution in [-0.2, 0) is 14.3 Å². The van der Waals surface area contributed by atoms with Crippen molar-refractivity contribution in [2.75, 3.05) is 19.8 Å². The molecule has 1 amide bonds. The minimum absolute atomic E-state index is 0.168. The number of amides is 1. The number of nitrogens with zero attached hydrogens (tertiary/aromatic N) is 1. The number of hydrogen-bond donors (Lipinski definition) is 1. The van der Waals surface area contributed by atoms with Gasteiger partial charge in [0, 0.05) is 6.54 Å². The van der Waals surface area contributed by atoms with E-state index in [1.165, 1.54) is 6.08 Å². The highest BCUT2D eigenvalue weighted by Gasteiger charge is 2.28. The summed E-state index contributed by atoms with van der Waals surface area (Å²) in [7, 11) is 0. The predicted molar refractivity (Wildman–Crippen MR) is 54.9 cm³/mol. The fourth-order valence-corrected chi connectivity index (χ4v) is 1.30. The van der Waals surface area contributed by atoms with Gasteiger partial charge in [-0.1, -0.05) is 13.2 Å². The Labute approximate surface area is 88.4 Å². The van der Waals surface area contributed by atoms with Crippen LogP contribution in [0.15, 0.2) is 25.3 Å². The lowest BCUT2D eigenvalue weighted by Gasteiger charge is -2.33. The first-order valence-electron chi connectivity index (χ1n) is 4.62. The van der Waals surface area contributed by atoms with Crippen molar-refractivity contribution in [1.29, 1.82) is 0 Å². The molecule has 1 rings (SSSR count). The third-order valence-corrected chi connectivity index (χ3v) is 2.10. The molecule has 5 nitrogen and oxygen atoms in total. The molecule has 1 heterocycles. The number of carbonyl (C=O) groups excluding carboxylic acids is 2. The van der Waals surface area contributed by atoms with E-state index in [9.17, 15) is 9.59 Å². The van der Waals surface area contributed by atoms with E-state index < -0.39 is 6.04 Å². The number of ketones is 1. The van der Waals surface area contributed by atoms with Crippen molar-refractivity contribution in [2.45, 2.75) is 6.04 Å². The molecule has 0 radical (unpaired) electrons. The fraction of sp³-hybridized carbons (Fsp3) is 0.400. The molecule has 1 N–H and O–H groups in total. The number of hydrazine groups is 1. The average molecular weight is 210 g/mol. The van der Waals surface area contributed by atoms with Gasteiger partial charge in [-0.25, -0.2) is 5.01 Å². The first-order chi connectivity index (χ1) is 7.19. The van der Waals surface area contributed by atoms with E-state index in [0.29, 0.717) is 13.2 Å². The number of hydrogen-bond acceptors (Lipinski definition) is 4. The minimum atomic E-state index is -0.486. The molecule has 0 aromatic carbocycles. The topological polar surface area (TPSA) is 58.6 Å². The van der Waals surface area contributed by atoms with E-state index in [4.69, 9.17) is 4.74 Å². The van der Waals surface area contributed by atoms with Crippen LogP contribution in [-0.4, -0.2) is 42.5 Å². The molecule has 1 aliphatic heterocycles. The summed E-state index contributed by atoms with van der Waals surface area (Å²) >= 11 is 0. The summed E-state index contributed by atoms with van der Waals surface area (Å²) in [6.45, 7) is 7.97. The highest BCUT2D eigenvalue weighted by atomic mass is 16.5. The van der Waals surface area contributed by atoms with Gasteiger partial charge in [0.25, 0.3) is 5.91 Å². The molecular weight excluding hydrogens is 196 g/mol. The molecule has 5 heteroatoms. The lowest BCUT2D eigenvalue weighted by molar-refractivity contribution is -0.134. The van der Waals surface area contributed by atoms with Crippen molar-refractivity contribution < 1.29 is 14.3 Å². The summed E-state index contributed by atoms with van der Waals surface area (Å²) in [5.74, 6) is -0.502. The number of morpholine rings is 1. The second kappa shape index (κ2) is 5.43. The first kappa shape index (κ1) is 11.6. The summed E-state index contributed by atoms with van der Waals surface area (Å²) in [6, 6.07) is -0.486. The Kier molecular flexibility index (Phi) is 4.20. The SMILES string of the molecule is C=CC(=O)NN1CCOCC1C(=O)C=C. The van der Waals surface area contributed by atoms with Crippen molar-refractivity contribution in [3.63, 3.8) is 0 Å². The van der Waals surface area contributed by atoms with Crippen LogP contribution in [0.4, 0.5) is 0 Å². The molecule has 1 fully saturated rings. The molecule has 1 unspecified atom stereocenters. The fourth-order valence-electron chi connectivity index (χ4n) is 1.30. The van der Waals surface area contributed by atoms with Crippen LogP contribution in [0.1, 0.15) is 0 Å². The van der Waals surface area contributed by atoms with Crippen LogP contribution >= 0.6 is 0 Å². The third kappa shape index (κ3) is 3.00. The molecule has 1 atom stereocenters. The zero-order valence-electron chi connectivity index (χ0n) is 8.44. The van der Waals surface area contributed by atoms with Gasteiger partial charge in [0.15, 0.2) is 5.78 Å². The van der Waals surface area contributed by atoms with Gasteiger partial charge in [-0.05, 0) is 12.2 Å². The van der Waals surface area contributed by atoms with Crippen LogP contribution in [0.2, 0.25) is 0 Å². The van der Waals surface area contributed by atoms with Crippen LogP contribution in [0.25, 0.3) is 0 Å². The maximum absolute atomic E-state index is 11.4. The quantitative estimate of drug-likeness (QED) is 0.645. The molecule has 1 saturated heterocycles. The molecule has 0 bridgehead atoms. The number of rotatable bonds is 4. The Morgan fingerprint density at radius 1 is 1.40 bits per heavy atom. The Balaban J connectivity index is 2.64. The monoisotopic (exact) mass is 210 g/mol. The summed E-state index contributed by atoms with van der Waals surface area (Å²) in [4.78, 5) is 22.5. The van der Waals surface area contributed by atoms with E-state index >= 15 is 0 Å². The van der Waals surface area contributed by atoms with Gasteiger partial charge < -0.3 is 4.74 Å². The Morgan fingerprint density at radius 3 is 2.73 bits per heavy atom. The lowest BCUT2D eigenvalue weighted by Crippen LogP contribution is -2.57. The highest BCUT2D eigenvalue weighted by Crippen LogP contribution is 2.05.